The monoisotopic (exact) mass is 368 g/mol. The second kappa shape index (κ2) is 7.65. The van der Waals surface area contributed by atoms with Crippen LogP contribution in [0.3, 0.4) is 0 Å². The molecule has 3 rings (SSSR count). The van der Waals surface area contributed by atoms with Gasteiger partial charge in [0.15, 0.2) is 5.69 Å². The van der Waals surface area contributed by atoms with Crippen LogP contribution in [-0.2, 0) is 20.2 Å². The van der Waals surface area contributed by atoms with Gasteiger partial charge < -0.3 is 14.2 Å². The fourth-order valence-corrected chi connectivity index (χ4v) is 2.74. The van der Waals surface area contributed by atoms with Gasteiger partial charge in [-0.3, -0.25) is 9.48 Å². The van der Waals surface area contributed by atoms with E-state index in [-0.39, 0.29) is 18.2 Å². The number of amides is 1. The molecule has 0 aliphatic carbocycles. The Balaban J connectivity index is 1.74. The lowest BCUT2D eigenvalue weighted by Gasteiger charge is -2.16. The van der Waals surface area contributed by atoms with Gasteiger partial charge >= 0.3 is 0 Å². The Morgan fingerprint density at radius 3 is 2.67 bits per heavy atom. The van der Waals surface area contributed by atoms with Crippen LogP contribution in [0.4, 0.5) is 0 Å². The van der Waals surface area contributed by atoms with Gasteiger partial charge in [0, 0.05) is 20.3 Å². The minimum absolute atomic E-state index is 0.216. The molecule has 0 aliphatic heterocycles. The standard InChI is InChI=1S/C20H24N4O3/c1-13-6-7-17(10-14(13)2)26-12-18-15(3)27-22-19(18)20(25)23(4)11-16-8-9-21-24(16)5/h6-10H,11-12H2,1-5H3. The number of nitrogens with zero attached hydrogens (tertiary/aromatic N) is 4. The summed E-state index contributed by atoms with van der Waals surface area (Å²) in [7, 11) is 3.57. The van der Waals surface area contributed by atoms with Crippen LogP contribution >= 0.6 is 0 Å². The molecule has 7 nitrogen and oxygen atoms in total. The molecule has 0 spiro atoms. The first kappa shape index (κ1) is 18.7. The molecule has 7 heteroatoms. The lowest BCUT2D eigenvalue weighted by molar-refractivity contribution is 0.0769. The van der Waals surface area contributed by atoms with Crippen LogP contribution in [0.15, 0.2) is 35.0 Å². The molecule has 0 N–H and O–H groups in total. The SMILES string of the molecule is Cc1ccc(OCc2c(C(=O)N(C)Cc3ccnn3C)noc2C)cc1C. The van der Waals surface area contributed by atoms with Crippen molar-refractivity contribution in [1.82, 2.24) is 19.8 Å². The average molecular weight is 368 g/mol. The molecule has 0 fully saturated rings. The molecule has 3 aromatic rings. The Kier molecular flexibility index (Phi) is 5.30. The molecular formula is C20H24N4O3. The van der Waals surface area contributed by atoms with Crippen molar-refractivity contribution in [3.63, 3.8) is 0 Å². The van der Waals surface area contributed by atoms with Crippen LogP contribution in [0.2, 0.25) is 0 Å². The van der Waals surface area contributed by atoms with Crippen molar-refractivity contribution in [3.8, 4) is 5.75 Å². The van der Waals surface area contributed by atoms with Gasteiger partial charge in [-0.15, -0.1) is 0 Å². The number of ether oxygens (including phenoxy) is 1. The molecule has 0 bridgehead atoms. The third-order valence-corrected chi connectivity index (χ3v) is 4.72. The molecule has 1 amide bonds. The van der Waals surface area contributed by atoms with Crippen LogP contribution in [0.1, 0.15) is 38.6 Å². The number of aromatic nitrogens is 3. The van der Waals surface area contributed by atoms with E-state index < -0.39 is 0 Å². The Morgan fingerprint density at radius 1 is 1.22 bits per heavy atom. The predicted octanol–water partition coefficient (Wildman–Crippen LogP) is 3.18. The maximum atomic E-state index is 12.8. The topological polar surface area (TPSA) is 73.4 Å². The van der Waals surface area contributed by atoms with Gasteiger partial charge in [0.25, 0.3) is 5.91 Å². The van der Waals surface area contributed by atoms with Crippen molar-refractivity contribution in [3.05, 3.63) is 64.3 Å². The number of carbonyl (C=O) groups is 1. The largest absolute Gasteiger partial charge is 0.489 e. The van der Waals surface area contributed by atoms with Crippen molar-refractivity contribution < 1.29 is 14.1 Å². The lowest BCUT2D eigenvalue weighted by Crippen LogP contribution is -2.28. The highest BCUT2D eigenvalue weighted by atomic mass is 16.5. The summed E-state index contributed by atoms with van der Waals surface area (Å²) in [5.74, 6) is 1.11. The quantitative estimate of drug-likeness (QED) is 0.668. The molecule has 2 heterocycles. The van der Waals surface area contributed by atoms with Crippen molar-refractivity contribution in [2.45, 2.75) is 33.9 Å². The summed E-state index contributed by atoms with van der Waals surface area (Å²) < 4.78 is 12.9. The summed E-state index contributed by atoms with van der Waals surface area (Å²) in [6, 6.07) is 7.79. The minimum Gasteiger partial charge on any atom is -0.489 e. The lowest BCUT2D eigenvalue weighted by atomic mass is 10.1. The second-order valence-corrected chi connectivity index (χ2v) is 6.71. The summed E-state index contributed by atoms with van der Waals surface area (Å²) in [5, 5.41) is 8.09. The summed E-state index contributed by atoms with van der Waals surface area (Å²) in [5.41, 5.74) is 4.23. The highest BCUT2D eigenvalue weighted by Crippen LogP contribution is 2.21. The Morgan fingerprint density at radius 2 is 2.00 bits per heavy atom. The fourth-order valence-electron chi connectivity index (χ4n) is 2.74. The normalized spacial score (nSPS) is 10.9. The smallest absolute Gasteiger partial charge is 0.276 e. The fraction of sp³-hybridized carbons (Fsp3) is 0.350. The number of hydrogen-bond acceptors (Lipinski definition) is 5. The molecule has 0 aliphatic rings. The number of carbonyl (C=O) groups excluding carboxylic acids is 1. The first-order valence-electron chi connectivity index (χ1n) is 8.74. The van der Waals surface area contributed by atoms with Gasteiger partial charge in [-0.2, -0.15) is 5.10 Å². The molecule has 27 heavy (non-hydrogen) atoms. The Bertz CT molecular complexity index is 958. The van der Waals surface area contributed by atoms with Crippen LogP contribution in [-0.4, -0.2) is 32.8 Å². The first-order valence-corrected chi connectivity index (χ1v) is 8.74. The molecule has 0 saturated carbocycles. The van der Waals surface area contributed by atoms with E-state index in [4.69, 9.17) is 9.26 Å². The second-order valence-electron chi connectivity index (χ2n) is 6.71. The molecule has 0 saturated heterocycles. The van der Waals surface area contributed by atoms with Gasteiger partial charge in [-0.1, -0.05) is 11.2 Å². The molecule has 0 radical (unpaired) electrons. The highest BCUT2D eigenvalue weighted by molar-refractivity contribution is 5.93. The Labute approximate surface area is 158 Å². The molecule has 0 atom stereocenters. The van der Waals surface area contributed by atoms with Crippen molar-refractivity contribution in [1.29, 1.82) is 0 Å². The van der Waals surface area contributed by atoms with Gasteiger partial charge in [-0.25, -0.2) is 0 Å². The van der Waals surface area contributed by atoms with E-state index >= 15 is 0 Å². The molecule has 0 unspecified atom stereocenters. The van der Waals surface area contributed by atoms with E-state index in [1.165, 1.54) is 5.56 Å². The third kappa shape index (κ3) is 4.02. The van der Waals surface area contributed by atoms with E-state index in [1.807, 2.05) is 38.2 Å². The van der Waals surface area contributed by atoms with E-state index in [2.05, 4.69) is 17.2 Å². The van der Waals surface area contributed by atoms with E-state index in [9.17, 15) is 4.79 Å². The van der Waals surface area contributed by atoms with Gasteiger partial charge in [0.05, 0.1) is 17.8 Å². The number of aryl methyl sites for hydroxylation is 4. The summed E-state index contributed by atoms with van der Waals surface area (Å²) in [6.45, 7) is 6.52. The maximum absolute atomic E-state index is 12.8. The van der Waals surface area contributed by atoms with Crippen molar-refractivity contribution >= 4 is 5.91 Å². The maximum Gasteiger partial charge on any atom is 0.276 e. The van der Waals surface area contributed by atoms with Gasteiger partial charge in [0.1, 0.15) is 18.1 Å². The molecular weight excluding hydrogens is 344 g/mol. The number of benzene rings is 1. The summed E-state index contributed by atoms with van der Waals surface area (Å²) in [6.07, 6.45) is 1.71. The van der Waals surface area contributed by atoms with Crippen LogP contribution in [0.25, 0.3) is 0 Å². The molecule has 1 aromatic carbocycles. The van der Waals surface area contributed by atoms with Crippen molar-refractivity contribution in [2.75, 3.05) is 7.05 Å². The number of rotatable bonds is 6. The van der Waals surface area contributed by atoms with Crippen LogP contribution in [0.5, 0.6) is 5.75 Å². The Hall–Kier alpha value is -3.09. The summed E-state index contributed by atoms with van der Waals surface area (Å²) >= 11 is 0. The number of hydrogen-bond donors (Lipinski definition) is 0. The van der Waals surface area contributed by atoms with E-state index in [0.29, 0.717) is 17.9 Å². The van der Waals surface area contributed by atoms with Crippen LogP contribution in [0, 0.1) is 20.8 Å². The van der Waals surface area contributed by atoms with Crippen LogP contribution < -0.4 is 4.74 Å². The zero-order valence-electron chi connectivity index (χ0n) is 16.3. The average Bonchev–Trinajstić information content (AvgIpc) is 3.21. The zero-order valence-corrected chi connectivity index (χ0v) is 16.3. The zero-order chi connectivity index (χ0) is 19.6. The third-order valence-electron chi connectivity index (χ3n) is 4.72. The predicted molar refractivity (Wildman–Crippen MR) is 100 cm³/mol. The van der Waals surface area contributed by atoms with Gasteiger partial charge in [-0.05, 0) is 50.1 Å². The van der Waals surface area contributed by atoms with Gasteiger partial charge in [0.2, 0.25) is 0 Å². The van der Waals surface area contributed by atoms with E-state index in [1.54, 1.807) is 29.7 Å². The first-order chi connectivity index (χ1) is 12.9. The summed E-state index contributed by atoms with van der Waals surface area (Å²) in [4.78, 5) is 14.4. The van der Waals surface area contributed by atoms with Crippen molar-refractivity contribution in [2.24, 2.45) is 7.05 Å². The highest BCUT2D eigenvalue weighted by Gasteiger charge is 2.24. The minimum atomic E-state index is -0.216. The molecule has 142 valence electrons. The van der Waals surface area contributed by atoms with E-state index in [0.717, 1.165) is 17.0 Å². The molecule has 2 aromatic heterocycles.